The molecule has 3 heterocycles. The Kier molecular flexibility index (Phi) is 9.18. The van der Waals surface area contributed by atoms with E-state index in [0.717, 1.165) is 33.4 Å². The smallest absolute Gasteiger partial charge is 0.449 e. The van der Waals surface area contributed by atoms with Crippen LogP contribution < -0.4 is 21.9 Å². The summed E-state index contributed by atoms with van der Waals surface area (Å²) in [5.41, 5.74) is 3.33. The first-order chi connectivity index (χ1) is 21.6. The molecule has 1 saturated heterocycles. The maximum atomic E-state index is 14.9. The molecule has 5 rings (SSSR count). The maximum Gasteiger partial charge on any atom is 0.449 e. The van der Waals surface area contributed by atoms with Crippen molar-refractivity contribution in [3.05, 3.63) is 121 Å². The Balaban J connectivity index is 1.50. The van der Waals surface area contributed by atoms with Gasteiger partial charge < -0.3 is 15.1 Å². The number of piperazine rings is 1. The third kappa shape index (κ3) is 6.89. The first kappa shape index (κ1) is 33.0. The van der Waals surface area contributed by atoms with Crippen molar-refractivity contribution in [3.63, 3.8) is 0 Å². The Bertz CT molecular complexity index is 1800. The number of nitrogens with zero attached hydrogens (tertiary/aromatic N) is 4. The fourth-order valence-electron chi connectivity index (χ4n) is 5.61. The standard InChI is InChI=1S/C31H30F7N5O3/c1-19-27(41-14-12-40(13-15-41)16-21-10-11-26(46-21)31(36,37)38)28(44)43(18-25(39)20-6-3-2-4-7-20)29(45)42(19)17-22-23(30(33,34)35)8-5-9-24(22)32/h2-11,25H,12-18,39H2,1H3/t25-/m0/s1. The Morgan fingerprint density at radius 3 is 2.11 bits per heavy atom. The van der Waals surface area contributed by atoms with Crippen LogP contribution in [0, 0.1) is 12.7 Å². The summed E-state index contributed by atoms with van der Waals surface area (Å²) in [5.74, 6) is -2.17. The highest BCUT2D eigenvalue weighted by atomic mass is 19.4. The number of rotatable bonds is 8. The van der Waals surface area contributed by atoms with E-state index in [0.29, 0.717) is 5.56 Å². The molecule has 1 atom stereocenters. The zero-order chi connectivity index (χ0) is 33.4. The summed E-state index contributed by atoms with van der Waals surface area (Å²) in [6, 6.07) is 12.4. The molecular weight excluding hydrogens is 623 g/mol. The van der Waals surface area contributed by atoms with Crippen LogP contribution in [0.5, 0.6) is 0 Å². The molecular formula is C31H30F7N5O3. The number of hydrogen-bond donors (Lipinski definition) is 1. The molecule has 8 nitrogen and oxygen atoms in total. The van der Waals surface area contributed by atoms with Crippen LogP contribution in [0.2, 0.25) is 0 Å². The van der Waals surface area contributed by atoms with Gasteiger partial charge >= 0.3 is 18.0 Å². The molecule has 0 bridgehead atoms. The van der Waals surface area contributed by atoms with E-state index in [-0.39, 0.29) is 56.4 Å². The SMILES string of the molecule is Cc1c(N2CCN(Cc3ccc(C(F)(F)F)o3)CC2)c(=O)n(C[C@H](N)c2ccccc2)c(=O)n1Cc1c(F)cccc1C(F)(F)F. The number of hydrogen-bond acceptors (Lipinski definition) is 6. The van der Waals surface area contributed by atoms with Gasteiger partial charge in [0.05, 0.1) is 25.2 Å². The van der Waals surface area contributed by atoms with E-state index in [2.05, 4.69) is 0 Å². The van der Waals surface area contributed by atoms with Crippen molar-refractivity contribution in [2.45, 2.75) is 45.0 Å². The number of aromatic nitrogens is 2. The number of benzene rings is 2. The van der Waals surface area contributed by atoms with Gasteiger partial charge in [-0.3, -0.25) is 18.8 Å². The van der Waals surface area contributed by atoms with Gasteiger partial charge in [-0.25, -0.2) is 9.18 Å². The highest BCUT2D eigenvalue weighted by Crippen LogP contribution is 2.34. The third-order valence-electron chi connectivity index (χ3n) is 8.01. The monoisotopic (exact) mass is 653 g/mol. The molecule has 1 fully saturated rings. The van der Waals surface area contributed by atoms with Gasteiger partial charge in [0.25, 0.3) is 5.56 Å². The summed E-state index contributed by atoms with van der Waals surface area (Å²) in [4.78, 5) is 31.1. The first-order valence-corrected chi connectivity index (χ1v) is 14.3. The Morgan fingerprint density at radius 2 is 1.50 bits per heavy atom. The minimum Gasteiger partial charge on any atom is -0.455 e. The normalized spacial score (nSPS) is 15.4. The zero-order valence-electron chi connectivity index (χ0n) is 24.5. The van der Waals surface area contributed by atoms with Gasteiger partial charge in [0.2, 0.25) is 5.76 Å². The zero-order valence-corrected chi connectivity index (χ0v) is 24.5. The largest absolute Gasteiger partial charge is 0.455 e. The van der Waals surface area contributed by atoms with Gasteiger partial charge in [0.15, 0.2) is 0 Å². The van der Waals surface area contributed by atoms with Gasteiger partial charge in [-0.05, 0) is 36.8 Å². The van der Waals surface area contributed by atoms with Crippen LogP contribution in [-0.4, -0.2) is 40.2 Å². The van der Waals surface area contributed by atoms with Crippen molar-refractivity contribution in [1.82, 2.24) is 14.0 Å². The topological polar surface area (TPSA) is 89.6 Å². The predicted molar refractivity (Wildman–Crippen MR) is 155 cm³/mol. The molecule has 4 aromatic rings. The fourth-order valence-corrected chi connectivity index (χ4v) is 5.61. The van der Waals surface area contributed by atoms with Crippen molar-refractivity contribution < 1.29 is 35.2 Å². The van der Waals surface area contributed by atoms with Crippen molar-refractivity contribution in [2.24, 2.45) is 5.73 Å². The van der Waals surface area contributed by atoms with Gasteiger partial charge in [-0.2, -0.15) is 26.3 Å². The molecule has 0 aliphatic carbocycles. The average molecular weight is 654 g/mol. The molecule has 0 unspecified atom stereocenters. The van der Waals surface area contributed by atoms with Crippen LogP contribution in [0.1, 0.15) is 39.9 Å². The molecule has 2 aromatic carbocycles. The molecule has 246 valence electrons. The minimum absolute atomic E-state index is 0.0294. The van der Waals surface area contributed by atoms with Crippen LogP contribution in [-0.2, 0) is 32.0 Å². The van der Waals surface area contributed by atoms with E-state index < -0.39 is 58.9 Å². The van der Waals surface area contributed by atoms with Crippen molar-refractivity contribution >= 4 is 5.69 Å². The van der Waals surface area contributed by atoms with E-state index in [1.807, 2.05) is 4.90 Å². The minimum atomic E-state index is -4.91. The number of halogens is 7. The Morgan fingerprint density at radius 1 is 0.826 bits per heavy atom. The second kappa shape index (κ2) is 12.8. The highest BCUT2D eigenvalue weighted by molar-refractivity contribution is 5.50. The first-order valence-electron chi connectivity index (χ1n) is 14.3. The summed E-state index contributed by atoms with van der Waals surface area (Å²) in [5, 5.41) is 0. The molecule has 0 amide bonds. The molecule has 1 aliphatic heterocycles. The lowest BCUT2D eigenvalue weighted by Gasteiger charge is -2.36. The van der Waals surface area contributed by atoms with Crippen LogP contribution in [0.25, 0.3) is 0 Å². The quantitative estimate of drug-likeness (QED) is 0.265. The van der Waals surface area contributed by atoms with Crippen LogP contribution >= 0.6 is 0 Å². The Labute approximate surface area is 258 Å². The maximum absolute atomic E-state index is 14.9. The molecule has 0 radical (unpaired) electrons. The lowest BCUT2D eigenvalue weighted by atomic mass is 10.1. The number of furan rings is 1. The molecule has 2 N–H and O–H groups in total. The Hall–Kier alpha value is -4.37. The predicted octanol–water partition coefficient (Wildman–Crippen LogP) is 5.16. The molecule has 1 aliphatic rings. The molecule has 15 heteroatoms. The van der Waals surface area contributed by atoms with Crippen molar-refractivity contribution in [3.8, 4) is 0 Å². The van der Waals surface area contributed by atoms with Crippen LogP contribution in [0.4, 0.5) is 36.4 Å². The molecule has 46 heavy (non-hydrogen) atoms. The van der Waals surface area contributed by atoms with Gasteiger partial charge in [-0.1, -0.05) is 36.4 Å². The summed E-state index contributed by atoms with van der Waals surface area (Å²) in [7, 11) is 0. The van der Waals surface area contributed by atoms with Crippen LogP contribution in [0.15, 0.2) is 74.7 Å². The molecule has 0 saturated carbocycles. The lowest BCUT2D eigenvalue weighted by Crippen LogP contribution is -2.51. The van der Waals surface area contributed by atoms with Crippen molar-refractivity contribution in [2.75, 3.05) is 31.1 Å². The lowest BCUT2D eigenvalue weighted by molar-refractivity contribution is -0.153. The van der Waals surface area contributed by atoms with Gasteiger partial charge in [0.1, 0.15) is 17.3 Å². The average Bonchev–Trinajstić information content (AvgIpc) is 3.48. The highest BCUT2D eigenvalue weighted by Gasteiger charge is 2.36. The molecule has 0 spiro atoms. The number of anilines is 1. The number of nitrogens with two attached hydrogens (primary N) is 1. The van der Waals surface area contributed by atoms with E-state index in [9.17, 15) is 40.3 Å². The summed E-state index contributed by atoms with van der Waals surface area (Å²) in [6.45, 7) is 1.33. The fraction of sp³-hybridized carbons (Fsp3) is 0.355. The second-order valence-corrected chi connectivity index (χ2v) is 11.0. The molecule has 2 aromatic heterocycles. The summed E-state index contributed by atoms with van der Waals surface area (Å²) in [6.07, 6.45) is -9.53. The third-order valence-corrected chi connectivity index (χ3v) is 8.01. The summed E-state index contributed by atoms with van der Waals surface area (Å²) < 4.78 is 102. The van der Waals surface area contributed by atoms with E-state index in [4.69, 9.17) is 10.2 Å². The second-order valence-electron chi connectivity index (χ2n) is 11.0. The van der Waals surface area contributed by atoms with E-state index >= 15 is 0 Å². The summed E-state index contributed by atoms with van der Waals surface area (Å²) >= 11 is 0. The van der Waals surface area contributed by atoms with Crippen LogP contribution in [0.3, 0.4) is 0 Å². The van der Waals surface area contributed by atoms with Gasteiger partial charge in [0, 0.05) is 43.5 Å². The van der Waals surface area contributed by atoms with E-state index in [1.165, 1.54) is 13.0 Å². The number of alkyl halides is 6. The van der Waals surface area contributed by atoms with E-state index in [1.54, 1.807) is 35.2 Å². The van der Waals surface area contributed by atoms with Crippen molar-refractivity contribution in [1.29, 1.82) is 0 Å². The van der Waals surface area contributed by atoms with Gasteiger partial charge in [-0.15, -0.1) is 0 Å².